The maximum atomic E-state index is 13.1. The van der Waals surface area contributed by atoms with E-state index in [1.165, 1.54) is 5.57 Å². The van der Waals surface area contributed by atoms with E-state index in [0.717, 1.165) is 23.7 Å². The molecule has 0 radical (unpaired) electrons. The zero-order valence-electron chi connectivity index (χ0n) is 15.9. The topological polar surface area (TPSA) is 53.5 Å². The van der Waals surface area contributed by atoms with Crippen LogP contribution in [0.2, 0.25) is 0 Å². The van der Waals surface area contributed by atoms with E-state index in [1.54, 1.807) is 6.07 Å². The van der Waals surface area contributed by atoms with Crippen molar-refractivity contribution < 1.29 is 9.59 Å². The van der Waals surface area contributed by atoms with Crippen LogP contribution in [0.5, 0.6) is 0 Å². The van der Waals surface area contributed by atoms with Crippen LogP contribution in [0, 0.1) is 5.92 Å². The molecule has 0 aliphatic carbocycles. The maximum Gasteiger partial charge on any atom is 0.272 e. The predicted molar refractivity (Wildman–Crippen MR) is 105 cm³/mol. The van der Waals surface area contributed by atoms with Crippen LogP contribution < -0.4 is 0 Å². The van der Waals surface area contributed by atoms with Gasteiger partial charge in [-0.05, 0) is 38.8 Å². The van der Waals surface area contributed by atoms with Crippen LogP contribution in [0.4, 0.5) is 0 Å². The van der Waals surface area contributed by atoms with E-state index in [9.17, 15) is 9.59 Å². The number of benzene rings is 1. The third-order valence-electron chi connectivity index (χ3n) is 5.59. The molecule has 0 spiro atoms. The van der Waals surface area contributed by atoms with Crippen LogP contribution in [0.1, 0.15) is 37.2 Å². The number of fused-ring (bicyclic) bond motifs is 5. The SMILES string of the molecule is CC(C)=CCN1C(=O)C2CCC1CN(C(=O)c1ccc3ccccc3n1)C2. The largest absolute Gasteiger partial charge is 0.334 e. The molecule has 2 bridgehead atoms. The van der Waals surface area contributed by atoms with Crippen LogP contribution in [0.25, 0.3) is 10.9 Å². The average molecular weight is 363 g/mol. The Kier molecular flexibility index (Phi) is 4.68. The van der Waals surface area contributed by atoms with Crippen molar-refractivity contribution in [2.24, 2.45) is 5.92 Å². The molecule has 140 valence electrons. The predicted octanol–water partition coefficient (Wildman–Crippen LogP) is 3.26. The molecule has 5 heteroatoms. The van der Waals surface area contributed by atoms with Crippen molar-refractivity contribution >= 4 is 22.7 Å². The second kappa shape index (κ2) is 7.14. The van der Waals surface area contributed by atoms with Crippen molar-refractivity contribution in [3.63, 3.8) is 0 Å². The first-order chi connectivity index (χ1) is 13.0. The minimum atomic E-state index is -0.0984. The van der Waals surface area contributed by atoms with E-state index in [2.05, 4.69) is 11.1 Å². The van der Waals surface area contributed by atoms with Crippen LogP contribution in [0.15, 0.2) is 48.0 Å². The fourth-order valence-corrected chi connectivity index (χ4v) is 4.07. The standard InChI is InChI=1S/C22H25N3O2/c1-15(2)11-12-25-18-9-7-17(21(25)26)13-24(14-18)22(27)20-10-8-16-5-3-4-6-19(16)23-20/h3-6,8,10-11,17-18H,7,9,12-14H2,1-2H3. The number of hydrogen-bond acceptors (Lipinski definition) is 3. The lowest BCUT2D eigenvalue weighted by Gasteiger charge is -2.35. The van der Waals surface area contributed by atoms with Crippen molar-refractivity contribution in [2.75, 3.05) is 19.6 Å². The Hall–Kier alpha value is -2.69. The number of hydrogen-bond donors (Lipinski definition) is 0. The molecular weight excluding hydrogens is 338 g/mol. The lowest BCUT2D eigenvalue weighted by molar-refractivity contribution is -0.139. The van der Waals surface area contributed by atoms with Crippen LogP contribution in [0.3, 0.4) is 0 Å². The molecule has 27 heavy (non-hydrogen) atoms. The van der Waals surface area contributed by atoms with Crippen molar-refractivity contribution in [1.82, 2.24) is 14.8 Å². The smallest absolute Gasteiger partial charge is 0.272 e. The van der Waals surface area contributed by atoms with E-state index in [1.807, 2.05) is 54.0 Å². The van der Waals surface area contributed by atoms with Gasteiger partial charge in [0.05, 0.1) is 11.4 Å². The van der Waals surface area contributed by atoms with Gasteiger partial charge in [-0.25, -0.2) is 4.98 Å². The number of pyridine rings is 1. The number of carbonyl (C=O) groups excluding carboxylic acids is 2. The number of aromatic nitrogens is 1. The first-order valence-corrected chi connectivity index (χ1v) is 9.62. The molecular formula is C22H25N3O2. The summed E-state index contributed by atoms with van der Waals surface area (Å²) in [5.74, 6) is 0.0127. The molecule has 1 aromatic carbocycles. The fraction of sp³-hybridized carbons (Fsp3) is 0.409. The summed E-state index contributed by atoms with van der Waals surface area (Å²) in [4.78, 5) is 34.3. The molecule has 5 rings (SSSR count). The molecule has 3 aliphatic rings. The van der Waals surface area contributed by atoms with E-state index >= 15 is 0 Å². The number of nitrogens with zero attached hydrogens (tertiary/aromatic N) is 3. The molecule has 1 aromatic heterocycles. The Balaban J connectivity index is 1.58. The van der Waals surface area contributed by atoms with Crippen LogP contribution in [-0.4, -0.2) is 52.3 Å². The van der Waals surface area contributed by atoms with Gasteiger partial charge in [-0.15, -0.1) is 0 Å². The van der Waals surface area contributed by atoms with Gasteiger partial charge in [-0.3, -0.25) is 9.59 Å². The molecule has 5 nitrogen and oxygen atoms in total. The lowest BCUT2D eigenvalue weighted by Crippen LogP contribution is -2.48. The number of allylic oxidation sites excluding steroid dienone is 1. The van der Waals surface area contributed by atoms with Crippen molar-refractivity contribution in [2.45, 2.75) is 32.7 Å². The molecule has 2 amide bonds. The van der Waals surface area contributed by atoms with Gasteiger partial charge in [0, 0.05) is 31.1 Å². The summed E-state index contributed by atoms with van der Waals surface area (Å²) in [6.45, 7) is 5.81. The first-order valence-electron chi connectivity index (χ1n) is 9.62. The van der Waals surface area contributed by atoms with Crippen LogP contribution >= 0.6 is 0 Å². The van der Waals surface area contributed by atoms with Gasteiger partial charge in [0.25, 0.3) is 5.91 Å². The van der Waals surface area contributed by atoms with Gasteiger partial charge >= 0.3 is 0 Å². The Morgan fingerprint density at radius 2 is 1.96 bits per heavy atom. The second-order valence-electron chi connectivity index (χ2n) is 7.80. The molecule has 0 N–H and O–H groups in total. The zero-order chi connectivity index (χ0) is 19.0. The van der Waals surface area contributed by atoms with Crippen molar-refractivity contribution in [3.05, 3.63) is 53.7 Å². The summed E-state index contributed by atoms with van der Waals surface area (Å²) in [6, 6.07) is 11.6. The number of rotatable bonds is 3. The second-order valence-corrected chi connectivity index (χ2v) is 7.80. The summed E-state index contributed by atoms with van der Waals surface area (Å²) in [5.41, 5.74) is 2.48. The molecule has 4 heterocycles. The van der Waals surface area contributed by atoms with Crippen molar-refractivity contribution in [3.8, 4) is 0 Å². The van der Waals surface area contributed by atoms with Gasteiger partial charge in [0.15, 0.2) is 0 Å². The average Bonchev–Trinajstić information content (AvgIpc) is 2.96. The normalized spacial score (nSPS) is 22.1. The monoisotopic (exact) mass is 363 g/mol. The van der Waals surface area contributed by atoms with E-state index in [4.69, 9.17) is 0 Å². The molecule has 2 unspecified atom stereocenters. The van der Waals surface area contributed by atoms with Crippen LogP contribution in [-0.2, 0) is 4.79 Å². The number of piperidine rings is 1. The van der Waals surface area contributed by atoms with Crippen molar-refractivity contribution in [1.29, 1.82) is 0 Å². The quantitative estimate of drug-likeness (QED) is 0.787. The Morgan fingerprint density at radius 3 is 2.78 bits per heavy atom. The highest BCUT2D eigenvalue weighted by molar-refractivity contribution is 5.95. The summed E-state index contributed by atoms with van der Waals surface area (Å²) in [5, 5.41) is 1.02. The molecule has 2 aromatic rings. The number of para-hydroxylation sites is 1. The highest BCUT2D eigenvalue weighted by Gasteiger charge is 2.41. The van der Waals surface area contributed by atoms with E-state index in [0.29, 0.717) is 25.3 Å². The first kappa shape index (κ1) is 17.7. The molecule has 0 saturated carbocycles. The Bertz CT molecular complexity index is 917. The number of amides is 2. The minimum absolute atomic E-state index is 0.0745. The summed E-state index contributed by atoms with van der Waals surface area (Å²) in [6.07, 6.45) is 3.92. The van der Waals surface area contributed by atoms with Gasteiger partial charge in [0.1, 0.15) is 5.69 Å². The number of carbonyl (C=O) groups is 2. The Morgan fingerprint density at radius 1 is 1.15 bits per heavy atom. The van der Waals surface area contributed by atoms with Gasteiger partial charge < -0.3 is 9.80 Å². The lowest BCUT2D eigenvalue weighted by atomic mass is 9.94. The van der Waals surface area contributed by atoms with Gasteiger partial charge in [0.2, 0.25) is 5.91 Å². The minimum Gasteiger partial charge on any atom is -0.334 e. The van der Waals surface area contributed by atoms with E-state index in [-0.39, 0.29) is 23.8 Å². The zero-order valence-corrected chi connectivity index (χ0v) is 15.9. The summed E-state index contributed by atoms with van der Waals surface area (Å²) >= 11 is 0. The molecule has 3 fully saturated rings. The molecule has 2 atom stereocenters. The summed E-state index contributed by atoms with van der Waals surface area (Å²) < 4.78 is 0. The fourth-order valence-electron chi connectivity index (χ4n) is 4.07. The highest BCUT2D eigenvalue weighted by Crippen LogP contribution is 2.30. The van der Waals surface area contributed by atoms with E-state index < -0.39 is 0 Å². The molecule has 3 aliphatic heterocycles. The third-order valence-corrected chi connectivity index (χ3v) is 5.59. The summed E-state index contributed by atoms with van der Waals surface area (Å²) in [7, 11) is 0. The molecule has 3 saturated heterocycles. The Labute approximate surface area is 159 Å². The third kappa shape index (κ3) is 3.46. The highest BCUT2D eigenvalue weighted by atomic mass is 16.2. The van der Waals surface area contributed by atoms with Gasteiger partial charge in [-0.1, -0.05) is 35.9 Å². The maximum absolute atomic E-state index is 13.1. The van der Waals surface area contributed by atoms with Gasteiger partial charge in [-0.2, -0.15) is 0 Å².